The molecule has 4 heteroatoms. The van der Waals surface area contributed by atoms with E-state index in [4.69, 9.17) is 4.74 Å². The van der Waals surface area contributed by atoms with Crippen LogP contribution < -0.4 is 0 Å². The molecule has 1 heterocycles. The molecule has 0 atom stereocenters. The highest BCUT2D eigenvalue weighted by Crippen LogP contribution is 2.06. The number of hydrogen-bond acceptors (Lipinski definition) is 3. The van der Waals surface area contributed by atoms with Crippen molar-refractivity contribution in [2.75, 3.05) is 6.61 Å². The highest BCUT2D eigenvalue weighted by molar-refractivity contribution is 5.86. The standard InChI is InChI=1S/C9H14N2O2/c1-4-13-9(12)8-5-11(6-10-8)7(2)3/h5-7H,4H2,1-3H3. The average Bonchev–Trinajstić information content (AvgIpc) is 2.52. The SMILES string of the molecule is CCOC(=O)c1cn(C(C)C)cn1. The molecule has 0 spiro atoms. The topological polar surface area (TPSA) is 44.1 Å². The minimum absolute atomic E-state index is 0.315. The Bertz CT molecular complexity index is 292. The first-order valence-electron chi connectivity index (χ1n) is 4.35. The number of imidazole rings is 1. The van der Waals surface area contributed by atoms with Crippen LogP contribution in [0.3, 0.4) is 0 Å². The van der Waals surface area contributed by atoms with Crippen LogP contribution in [0.15, 0.2) is 12.5 Å². The van der Waals surface area contributed by atoms with E-state index < -0.39 is 0 Å². The van der Waals surface area contributed by atoms with Crippen LogP contribution in [0.5, 0.6) is 0 Å². The maximum atomic E-state index is 11.2. The minimum atomic E-state index is -0.359. The second-order valence-electron chi connectivity index (χ2n) is 3.02. The molecule has 0 saturated carbocycles. The molecule has 1 aromatic rings. The Morgan fingerprint density at radius 3 is 2.85 bits per heavy atom. The number of hydrogen-bond donors (Lipinski definition) is 0. The van der Waals surface area contributed by atoms with Gasteiger partial charge in [0.05, 0.1) is 12.9 Å². The Hall–Kier alpha value is -1.32. The molecule has 0 aliphatic rings. The Kier molecular flexibility index (Phi) is 3.06. The summed E-state index contributed by atoms with van der Waals surface area (Å²) in [6.45, 7) is 6.21. The zero-order chi connectivity index (χ0) is 9.84. The van der Waals surface area contributed by atoms with E-state index in [1.165, 1.54) is 0 Å². The molecule has 1 rings (SSSR count). The van der Waals surface area contributed by atoms with Gasteiger partial charge in [-0.3, -0.25) is 0 Å². The number of nitrogens with zero attached hydrogens (tertiary/aromatic N) is 2. The van der Waals surface area contributed by atoms with E-state index in [0.29, 0.717) is 18.3 Å². The maximum Gasteiger partial charge on any atom is 0.358 e. The molecule has 13 heavy (non-hydrogen) atoms. The lowest BCUT2D eigenvalue weighted by atomic mass is 10.4. The first-order chi connectivity index (χ1) is 6.15. The molecule has 0 bridgehead atoms. The van der Waals surface area contributed by atoms with Crippen LogP contribution in [0.1, 0.15) is 37.3 Å². The van der Waals surface area contributed by atoms with Crippen molar-refractivity contribution in [3.63, 3.8) is 0 Å². The maximum absolute atomic E-state index is 11.2. The molecule has 0 amide bonds. The smallest absolute Gasteiger partial charge is 0.358 e. The summed E-state index contributed by atoms with van der Waals surface area (Å²) in [6.07, 6.45) is 3.33. The van der Waals surface area contributed by atoms with Gasteiger partial charge in [0.15, 0.2) is 5.69 Å². The summed E-state index contributed by atoms with van der Waals surface area (Å²) in [6, 6.07) is 0.315. The molecule has 0 unspecified atom stereocenters. The van der Waals surface area contributed by atoms with Gasteiger partial charge < -0.3 is 9.30 Å². The van der Waals surface area contributed by atoms with Crippen LogP contribution in [0.2, 0.25) is 0 Å². The fraction of sp³-hybridized carbons (Fsp3) is 0.556. The fourth-order valence-electron chi connectivity index (χ4n) is 0.930. The Labute approximate surface area is 77.5 Å². The summed E-state index contributed by atoms with van der Waals surface area (Å²) in [5.74, 6) is -0.359. The van der Waals surface area contributed by atoms with E-state index in [1.54, 1.807) is 19.4 Å². The third-order valence-corrected chi connectivity index (χ3v) is 1.68. The van der Waals surface area contributed by atoms with Crippen LogP contribution in [0.25, 0.3) is 0 Å². The first kappa shape index (κ1) is 9.77. The molecule has 0 saturated heterocycles. The number of ether oxygens (including phenoxy) is 1. The number of carbonyl (C=O) groups is 1. The van der Waals surface area contributed by atoms with Gasteiger partial charge in [-0.15, -0.1) is 0 Å². The zero-order valence-electron chi connectivity index (χ0n) is 8.15. The molecule has 0 N–H and O–H groups in total. The van der Waals surface area contributed by atoms with Gasteiger partial charge in [0.2, 0.25) is 0 Å². The zero-order valence-corrected chi connectivity index (χ0v) is 8.15. The molecule has 0 radical (unpaired) electrons. The number of esters is 1. The second kappa shape index (κ2) is 4.07. The van der Waals surface area contributed by atoms with Crippen LogP contribution in [-0.2, 0) is 4.74 Å². The third kappa shape index (κ3) is 2.31. The van der Waals surface area contributed by atoms with Crippen molar-refractivity contribution in [3.05, 3.63) is 18.2 Å². The van der Waals surface area contributed by atoms with E-state index in [2.05, 4.69) is 4.98 Å². The van der Waals surface area contributed by atoms with Crippen molar-refractivity contribution in [1.29, 1.82) is 0 Å². The summed E-state index contributed by atoms with van der Waals surface area (Å²) in [5, 5.41) is 0. The fourth-order valence-corrected chi connectivity index (χ4v) is 0.930. The van der Waals surface area contributed by atoms with Gasteiger partial charge in [-0.2, -0.15) is 0 Å². The van der Waals surface area contributed by atoms with Gasteiger partial charge in [-0.1, -0.05) is 0 Å². The van der Waals surface area contributed by atoms with Crippen molar-refractivity contribution < 1.29 is 9.53 Å². The van der Waals surface area contributed by atoms with Crippen molar-refractivity contribution >= 4 is 5.97 Å². The van der Waals surface area contributed by atoms with Gasteiger partial charge in [-0.05, 0) is 20.8 Å². The molecule has 0 fully saturated rings. The average molecular weight is 182 g/mol. The van der Waals surface area contributed by atoms with Gasteiger partial charge >= 0.3 is 5.97 Å². The van der Waals surface area contributed by atoms with Crippen LogP contribution in [0, 0.1) is 0 Å². The quantitative estimate of drug-likeness (QED) is 0.667. The van der Waals surface area contributed by atoms with Crippen LogP contribution in [-0.4, -0.2) is 22.1 Å². The summed E-state index contributed by atoms with van der Waals surface area (Å²) >= 11 is 0. The largest absolute Gasteiger partial charge is 0.461 e. The summed E-state index contributed by atoms with van der Waals surface area (Å²) in [4.78, 5) is 15.1. The lowest BCUT2D eigenvalue weighted by molar-refractivity contribution is 0.0520. The number of aromatic nitrogens is 2. The Morgan fingerprint density at radius 1 is 1.69 bits per heavy atom. The van der Waals surface area contributed by atoms with Gasteiger partial charge in [-0.25, -0.2) is 9.78 Å². The third-order valence-electron chi connectivity index (χ3n) is 1.68. The van der Waals surface area contributed by atoms with Crippen molar-refractivity contribution in [1.82, 2.24) is 9.55 Å². The molecule has 0 aliphatic heterocycles. The van der Waals surface area contributed by atoms with Crippen molar-refractivity contribution in [2.45, 2.75) is 26.8 Å². The highest BCUT2D eigenvalue weighted by Gasteiger charge is 2.10. The summed E-state index contributed by atoms with van der Waals surface area (Å²) in [7, 11) is 0. The molecular weight excluding hydrogens is 168 g/mol. The first-order valence-corrected chi connectivity index (χ1v) is 4.35. The summed E-state index contributed by atoms with van der Waals surface area (Å²) < 4.78 is 6.67. The highest BCUT2D eigenvalue weighted by atomic mass is 16.5. The molecular formula is C9H14N2O2. The van der Waals surface area contributed by atoms with E-state index in [1.807, 2.05) is 18.4 Å². The van der Waals surface area contributed by atoms with Crippen molar-refractivity contribution in [3.8, 4) is 0 Å². The van der Waals surface area contributed by atoms with Crippen molar-refractivity contribution in [2.24, 2.45) is 0 Å². The predicted octanol–water partition coefficient (Wildman–Crippen LogP) is 1.64. The molecule has 0 aliphatic carbocycles. The molecule has 0 aromatic carbocycles. The predicted molar refractivity (Wildman–Crippen MR) is 48.6 cm³/mol. The van der Waals surface area contributed by atoms with E-state index in [0.717, 1.165) is 0 Å². The van der Waals surface area contributed by atoms with E-state index >= 15 is 0 Å². The molecule has 1 aromatic heterocycles. The second-order valence-corrected chi connectivity index (χ2v) is 3.02. The summed E-state index contributed by atoms with van der Waals surface area (Å²) in [5.41, 5.74) is 0.371. The molecule has 4 nitrogen and oxygen atoms in total. The van der Waals surface area contributed by atoms with Crippen LogP contribution in [0.4, 0.5) is 0 Å². The number of rotatable bonds is 3. The molecule has 72 valence electrons. The van der Waals surface area contributed by atoms with Gasteiger partial charge in [0.25, 0.3) is 0 Å². The minimum Gasteiger partial charge on any atom is -0.461 e. The van der Waals surface area contributed by atoms with E-state index in [-0.39, 0.29) is 5.97 Å². The Balaban J connectivity index is 2.73. The normalized spacial score (nSPS) is 10.5. The Morgan fingerprint density at radius 2 is 2.38 bits per heavy atom. The van der Waals surface area contributed by atoms with Gasteiger partial charge in [0, 0.05) is 12.2 Å². The lowest BCUT2D eigenvalue weighted by Gasteiger charge is -2.03. The number of carbonyl (C=O) groups excluding carboxylic acids is 1. The van der Waals surface area contributed by atoms with Crippen LogP contribution >= 0.6 is 0 Å². The lowest BCUT2D eigenvalue weighted by Crippen LogP contribution is -2.05. The van der Waals surface area contributed by atoms with Gasteiger partial charge in [0.1, 0.15) is 0 Å². The van der Waals surface area contributed by atoms with E-state index in [9.17, 15) is 4.79 Å². The monoisotopic (exact) mass is 182 g/mol.